The molecule has 0 amide bonds. The first kappa shape index (κ1) is 13.8. The Morgan fingerprint density at radius 2 is 1.94 bits per heavy atom. The van der Waals surface area contributed by atoms with E-state index >= 15 is 0 Å². The van der Waals surface area contributed by atoms with Crippen molar-refractivity contribution in [2.45, 2.75) is 58.8 Å². The van der Waals surface area contributed by atoms with Gasteiger partial charge in [-0.2, -0.15) is 0 Å². The fraction of sp³-hybridized carbons (Fsp3) is 0.867. The molecule has 1 atom stereocenters. The molecule has 1 aliphatic heterocycles. The van der Waals surface area contributed by atoms with Gasteiger partial charge in [-0.05, 0) is 57.0 Å². The number of allylic oxidation sites excluding steroid dienone is 2. The quantitative estimate of drug-likeness (QED) is 0.639. The van der Waals surface area contributed by atoms with E-state index in [0.29, 0.717) is 0 Å². The first-order chi connectivity index (χ1) is 7.83. The van der Waals surface area contributed by atoms with Crippen LogP contribution in [0.4, 0.5) is 0 Å². The average Bonchev–Trinajstić information content (AvgIpc) is 2.30. The van der Waals surface area contributed by atoms with Crippen molar-refractivity contribution in [1.29, 1.82) is 0 Å². The van der Waals surface area contributed by atoms with Gasteiger partial charge in [0.15, 0.2) is 0 Å². The summed E-state index contributed by atoms with van der Waals surface area (Å²) < 4.78 is 0. The summed E-state index contributed by atoms with van der Waals surface area (Å²) in [6.07, 6.45) is 14.3. The minimum Gasteiger partial charge on any atom is -0.317 e. The molecule has 1 fully saturated rings. The van der Waals surface area contributed by atoms with Gasteiger partial charge in [-0.25, -0.2) is 0 Å². The van der Waals surface area contributed by atoms with Crippen molar-refractivity contribution in [3.63, 3.8) is 0 Å². The molecule has 1 heteroatoms. The van der Waals surface area contributed by atoms with E-state index in [1.54, 1.807) is 0 Å². The molecule has 16 heavy (non-hydrogen) atoms. The molecule has 94 valence electrons. The number of hydrogen-bond acceptors (Lipinski definition) is 1. The van der Waals surface area contributed by atoms with E-state index in [9.17, 15) is 0 Å². The van der Waals surface area contributed by atoms with Crippen LogP contribution in [-0.4, -0.2) is 13.1 Å². The van der Waals surface area contributed by atoms with E-state index in [4.69, 9.17) is 0 Å². The number of rotatable bonds is 7. The van der Waals surface area contributed by atoms with Gasteiger partial charge in [0.2, 0.25) is 0 Å². The van der Waals surface area contributed by atoms with Gasteiger partial charge >= 0.3 is 0 Å². The average molecular weight is 223 g/mol. The monoisotopic (exact) mass is 223 g/mol. The lowest BCUT2D eigenvalue weighted by Gasteiger charge is -2.20. The van der Waals surface area contributed by atoms with Gasteiger partial charge in [0.05, 0.1) is 0 Å². The summed E-state index contributed by atoms with van der Waals surface area (Å²) in [5, 5.41) is 3.42. The highest BCUT2D eigenvalue weighted by Gasteiger charge is 2.10. The molecule has 1 aliphatic rings. The highest BCUT2D eigenvalue weighted by molar-refractivity contribution is 4.85. The Morgan fingerprint density at radius 1 is 1.19 bits per heavy atom. The topological polar surface area (TPSA) is 12.0 Å². The number of nitrogens with one attached hydrogen (secondary N) is 1. The highest BCUT2D eigenvalue weighted by atomic mass is 14.9. The van der Waals surface area contributed by atoms with E-state index in [-0.39, 0.29) is 0 Å². The maximum absolute atomic E-state index is 3.42. The van der Waals surface area contributed by atoms with Gasteiger partial charge in [-0.1, -0.05) is 38.8 Å². The van der Waals surface area contributed by atoms with Crippen molar-refractivity contribution in [2.75, 3.05) is 13.1 Å². The van der Waals surface area contributed by atoms with Crippen LogP contribution in [0.25, 0.3) is 0 Å². The molecule has 0 saturated carbocycles. The van der Waals surface area contributed by atoms with Crippen molar-refractivity contribution < 1.29 is 0 Å². The summed E-state index contributed by atoms with van der Waals surface area (Å²) in [6, 6.07) is 0. The zero-order valence-corrected chi connectivity index (χ0v) is 11.2. The maximum atomic E-state index is 3.42. The molecule has 1 heterocycles. The Balaban J connectivity index is 1.99. The second-order valence-corrected chi connectivity index (χ2v) is 5.37. The molecule has 0 spiro atoms. The smallest absolute Gasteiger partial charge is 0.00462 e. The molecule has 0 aromatic rings. The van der Waals surface area contributed by atoms with Crippen LogP contribution in [0.15, 0.2) is 12.2 Å². The molecular weight excluding hydrogens is 194 g/mol. The van der Waals surface area contributed by atoms with E-state index in [2.05, 4.69) is 31.3 Å². The zero-order chi connectivity index (χ0) is 11.6. The Morgan fingerprint density at radius 3 is 2.62 bits per heavy atom. The van der Waals surface area contributed by atoms with Crippen LogP contribution in [0.3, 0.4) is 0 Å². The molecule has 1 rings (SSSR count). The summed E-state index contributed by atoms with van der Waals surface area (Å²) in [7, 11) is 0. The van der Waals surface area contributed by atoms with Crippen LogP contribution >= 0.6 is 0 Å². The Hall–Kier alpha value is -0.300. The lowest BCUT2D eigenvalue weighted by Crippen LogP contribution is -2.27. The van der Waals surface area contributed by atoms with Crippen LogP contribution in [-0.2, 0) is 0 Å². The van der Waals surface area contributed by atoms with Gasteiger partial charge in [-0.15, -0.1) is 0 Å². The molecule has 0 bridgehead atoms. The normalized spacial score (nSPS) is 20.4. The van der Waals surface area contributed by atoms with Gasteiger partial charge < -0.3 is 5.32 Å². The Kier molecular flexibility index (Phi) is 7.58. The first-order valence-electron chi connectivity index (χ1n) is 7.18. The lowest BCUT2D eigenvalue weighted by atomic mass is 9.94. The van der Waals surface area contributed by atoms with E-state index in [1.165, 1.54) is 58.0 Å². The van der Waals surface area contributed by atoms with Gasteiger partial charge in [0, 0.05) is 0 Å². The fourth-order valence-corrected chi connectivity index (χ4v) is 2.54. The largest absolute Gasteiger partial charge is 0.317 e. The van der Waals surface area contributed by atoms with Crippen molar-refractivity contribution in [2.24, 2.45) is 11.8 Å². The fourth-order valence-electron chi connectivity index (χ4n) is 2.54. The van der Waals surface area contributed by atoms with Crippen molar-refractivity contribution in [1.82, 2.24) is 5.32 Å². The lowest BCUT2D eigenvalue weighted by molar-refractivity contribution is 0.377. The zero-order valence-electron chi connectivity index (χ0n) is 11.2. The van der Waals surface area contributed by atoms with E-state index < -0.39 is 0 Å². The molecule has 0 aliphatic carbocycles. The van der Waals surface area contributed by atoms with Crippen LogP contribution in [0.2, 0.25) is 0 Å². The van der Waals surface area contributed by atoms with Crippen LogP contribution in [0.1, 0.15) is 58.8 Å². The third kappa shape index (κ3) is 6.32. The number of hydrogen-bond donors (Lipinski definition) is 1. The summed E-state index contributed by atoms with van der Waals surface area (Å²) in [5.74, 6) is 1.86. The van der Waals surface area contributed by atoms with Gasteiger partial charge in [0.25, 0.3) is 0 Å². The van der Waals surface area contributed by atoms with Crippen LogP contribution in [0.5, 0.6) is 0 Å². The molecule has 1 unspecified atom stereocenters. The first-order valence-corrected chi connectivity index (χ1v) is 7.18. The van der Waals surface area contributed by atoms with Crippen LogP contribution in [0, 0.1) is 11.8 Å². The molecule has 0 aromatic heterocycles. The maximum Gasteiger partial charge on any atom is -0.00462 e. The third-order valence-electron chi connectivity index (χ3n) is 3.70. The summed E-state index contributed by atoms with van der Waals surface area (Å²) in [4.78, 5) is 0. The molecule has 1 N–H and O–H groups in total. The Labute approximate surface area is 102 Å². The molecule has 1 saturated heterocycles. The minimum absolute atomic E-state index is 0.911. The summed E-state index contributed by atoms with van der Waals surface area (Å²) >= 11 is 0. The Bertz CT molecular complexity index is 180. The minimum atomic E-state index is 0.911. The second-order valence-electron chi connectivity index (χ2n) is 5.37. The van der Waals surface area contributed by atoms with Gasteiger partial charge in [-0.3, -0.25) is 0 Å². The molecular formula is C15H29N. The third-order valence-corrected chi connectivity index (χ3v) is 3.70. The molecule has 0 aromatic carbocycles. The van der Waals surface area contributed by atoms with Crippen LogP contribution < -0.4 is 5.32 Å². The van der Waals surface area contributed by atoms with Crippen molar-refractivity contribution >= 4 is 0 Å². The molecule has 1 nitrogen and oxygen atoms in total. The van der Waals surface area contributed by atoms with Crippen molar-refractivity contribution in [3.8, 4) is 0 Å². The van der Waals surface area contributed by atoms with Gasteiger partial charge in [0.1, 0.15) is 0 Å². The number of piperidine rings is 1. The van der Waals surface area contributed by atoms with E-state index in [1.807, 2.05) is 0 Å². The summed E-state index contributed by atoms with van der Waals surface area (Å²) in [6.45, 7) is 7.12. The predicted molar refractivity (Wildman–Crippen MR) is 72.7 cm³/mol. The van der Waals surface area contributed by atoms with E-state index in [0.717, 1.165) is 11.8 Å². The molecule has 0 radical (unpaired) electrons. The van der Waals surface area contributed by atoms with Crippen molar-refractivity contribution in [3.05, 3.63) is 12.2 Å². The second kappa shape index (κ2) is 8.81. The summed E-state index contributed by atoms with van der Waals surface area (Å²) in [5.41, 5.74) is 0. The predicted octanol–water partition coefficient (Wildman–Crippen LogP) is 4.15. The highest BCUT2D eigenvalue weighted by Crippen LogP contribution is 2.17. The standard InChI is InChI=1S/C15H29N/c1-3-7-14(2)8-5-4-6-9-15-10-12-16-13-11-15/h4,6,14-16H,3,5,7-13H2,1-2H3/b6-4-. The SMILES string of the molecule is CCCC(C)CC/C=C\CC1CCNCC1.